The van der Waals surface area contributed by atoms with Crippen LogP contribution in [0.15, 0.2) is 35.0 Å². The Bertz CT molecular complexity index is 218. The fourth-order valence-electron chi connectivity index (χ4n) is 0.779. The Hall–Kier alpha value is -0.540. The first-order valence-electron chi connectivity index (χ1n) is 3.40. The average Bonchev–Trinajstić information content (AvgIpc) is 2.17. The van der Waals surface area contributed by atoms with E-state index in [9.17, 15) is 4.39 Å². The van der Waals surface area contributed by atoms with E-state index in [-0.39, 0.29) is 5.83 Å². The van der Waals surface area contributed by atoms with Gasteiger partial charge in [0, 0.05) is 4.91 Å². The monoisotopic (exact) mass is 171 g/mol. The molecule has 0 spiro atoms. The van der Waals surface area contributed by atoms with Gasteiger partial charge in [-0.3, -0.25) is 4.72 Å². The van der Waals surface area contributed by atoms with Crippen LogP contribution in [0.2, 0.25) is 0 Å². The van der Waals surface area contributed by atoms with Crippen LogP contribution in [0.4, 0.5) is 4.39 Å². The largest absolute Gasteiger partial charge is 0.263 e. The molecule has 1 aliphatic carbocycles. The average molecular weight is 171 g/mol. The fraction of sp³-hybridized carbons (Fsp3) is 0.250. The van der Waals surface area contributed by atoms with E-state index in [4.69, 9.17) is 0 Å². The minimum absolute atomic E-state index is 0.159. The number of halogens is 1. The van der Waals surface area contributed by atoms with Crippen molar-refractivity contribution in [2.75, 3.05) is 7.05 Å². The quantitative estimate of drug-likeness (QED) is 0.641. The number of hydrogen-bond acceptors (Lipinski definition) is 2. The van der Waals surface area contributed by atoms with Gasteiger partial charge in [0.25, 0.3) is 0 Å². The summed E-state index contributed by atoms with van der Waals surface area (Å²) in [5.74, 6) is -0.159. The SMILES string of the molecule is CNSC1=CCC=C(F)C=C1. The van der Waals surface area contributed by atoms with Crippen molar-refractivity contribution in [1.82, 2.24) is 4.72 Å². The number of rotatable bonds is 2. The molecule has 11 heavy (non-hydrogen) atoms. The Labute approximate surface area is 70.2 Å². The lowest BCUT2D eigenvalue weighted by Gasteiger charge is -1.96. The second-order valence-corrected chi connectivity index (χ2v) is 3.15. The van der Waals surface area contributed by atoms with Gasteiger partial charge in [-0.15, -0.1) is 0 Å². The summed E-state index contributed by atoms with van der Waals surface area (Å²) in [5.41, 5.74) is 0. The second-order valence-electron chi connectivity index (χ2n) is 2.07. The van der Waals surface area contributed by atoms with Gasteiger partial charge in [0.05, 0.1) is 0 Å². The van der Waals surface area contributed by atoms with E-state index in [0.29, 0.717) is 6.42 Å². The molecular weight excluding hydrogens is 161 g/mol. The first kappa shape index (κ1) is 8.56. The number of hydrogen-bond donors (Lipinski definition) is 1. The molecule has 0 fully saturated rings. The predicted molar refractivity (Wildman–Crippen MR) is 47.7 cm³/mol. The standard InChI is InChI=1S/C8H10FNS/c1-10-11-8-4-2-3-7(9)5-6-8/h3-6,10H,2H2,1H3. The van der Waals surface area contributed by atoms with E-state index in [2.05, 4.69) is 4.72 Å². The molecule has 60 valence electrons. The highest BCUT2D eigenvalue weighted by atomic mass is 32.2. The highest BCUT2D eigenvalue weighted by molar-refractivity contribution is 8.01. The van der Waals surface area contributed by atoms with E-state index in [1.807, 2.05) is 13.1 Å². The third-order valence-electron chi connectivity index (χ3n) is 1.26. The Morgan fingerprint density at radius 1 is 1.45 bits per heavy atom. The lowest BCUT2D eigenvalue weighted by molar-refractivity contribution is 0.663. The van der Waals surface area contributed by atoms with Crippen molar-refractivity contribution in [2.45, 2.75) is 6.42 Å². The number of allylic oxidation sites excluding steroid dienone is 5. The maximum absolute atomic E-state index is 12.6. The molecule has 1 aliphatic rings. The van der Waals surface area contributed by atoms with Crippen molar-refractivity contribution < 1.29 is 4.39 Å². The van der Waals surface area contributed by atoms with E-state index < -0.39 is 0 Å². The molecule has 0 bridgehead atoms. The lowest BCUT2D eigenvalue weighted by atomic mass is 10.4. The van der Waals surface area contributed by atoms with Gasteiger partial charge in [-0.2, -0.15) is 0 Å². The van der Waals surface area contributed by atoms with Gasteiger partial charge in [-0.1, -0.05) is 6.08 Å². The summed E-state index contributed by atoms with van der Waals surface area (Å²) < 4.78 is 15.5. The molecule has 0 aromatic heterocycles. The van der Waals surface area contributed by atoms with Gasteiger partial charge in [0.1, 0.15) is 5.83 Å². The smallest absolute Gasteiger partial charge is 0.119 e. The van der Waals surface area contributed by atoms with Crippen LogP contribution in [-0.4, -0.2) is 7.05 Å². The summed E-state index contributed by atoms with van der Waals surface area (Å²) in [5, 5.41) is 0. The summed E-state index contributed by atoms with van der Waals surface area (Å²) in [4.78, 5) is 1.05. The summed E-state index contributed by atoms with van der Waals surface area (Å²) >= 11 is 1.49. The predicted octanol–water partition coefficient (Wildman–Crippen LogP) is 2.55. The Balaban J connectivity index is 2.58. The van der Waals surface area contributed by atoms with E-state index in [1.54, 1.807) is 12.2 Å². The Morgan fingerprint density at radius 3 is 3.00 bits per heavy atom. The Kier molecular flexibility index (Phi) is 3.39. The molecule has 1 nitrogen and oxygen atoms in total. The van der Waals surface area contributed by atoms with Crippen molar-refractivity contribution in [3.8, 4) is 0 Å². The maximum atomic E-state index is 12.6. The first-order valence-corrected chi connectivity index (χ1v) is 4.22. The summed E-state index contributed by atoms with van der Waals surface area (Å²) in [6.45, 7) is 0. The summed E-state index contributed by atoms with van der Waals surface area (Å²) in [6, 6.07) is 0. The zero-order valence-corrected chi connectivity index (χ0v) is 7.12. The third-order valence-corrected chi connectivity index (χ3v) is 2.00. The minimum atomic E-state index is -0.159. The van der Waals surface area contributed by atoms with Crippen molar-refractivity contribution in [2.24, 2.45) is 0 Å². The first-order chi connectivity index (χ1) is 5.33. The van der Waals surface area contributed by atoms with Crippen LogP contribution >= 0.6 is 11.9 Å². The summed E-state index contributed by atoms with van der Waals surface area (Å²) in [7, 11) is 1.84. The van der Waals surface area contributed by atoms with Crippen molar-refractivity contribution in [3.05, 3.63) is 35.0 Å². The molecule has 0 amide bonds. The molecule has 3 heteroatoms. The topological polar surface area (TPSA) is 12.0 Å². The fourth-order valence-corrected chi connectivity index (χ4v) is 1.33. The molecule has 0 radical (unpaired) electrons. The number of nitrogens with one attached hydrogen (secondary N) is 1. The molecule has 0 aliphatic heterocycles. The van der Waals surface area contributed by atoms with Gasteiger partial charge in [0.15, 0.2) is 0 Å². The van der Waals surface area contributed by atoms with Gasteiger partial charge >= 0.3 is 0 Å². The molecule has 0 saturated carbocycles. The van der Waals surface area contributed by atoms with E-state index >= 15 is 0 Å². The van der Waals surface area contributed by atoms with Crippen molar-refractivity contribution in [1.29, 1.82) is 0 Å². The van der Waals surface area contributed by atoms with Gasteiger partial charge in [-0.25, -0.2) is 4.39 Å². The van der Waals surface area contributed by atoms with Crippen molar-refractivity contribution in [3.63, 3.8) is 0 Å². The highest BCUT2D eigenvalue weighted by Crippen LogP contribution is 2.18. The second kappa shape index (κ2) is 4.36. The van der Waals surface area contributed by atoms with Gasteiger partial charge in [-0.05, 0) is 43.6 Å². The van der Waals surface area contributed by atoms with Gasteiger partial charge < -0.3 is 0 Å². The third kappa shape index (κ3) is 2.91. The van der Waals surface area contributed by atoms with Gasteiger partial charge in [0.2, 0.25) is 0 Å². The maximum Gasteiger partial charge on any atom is 0.119 e. The molecule has 0 heterocycles. The molecule has 0 aromatic rings. The molecular formula is C8H10FNS. The highest BCUT2D eigenvalue weighted by Gasteiger charge is 1.96. The zero-order valence-electron chi connectivity index (χ0n) is 6.30. The minimum Gasteiger partial charge on any atom is -0.263 e. The normalized spacial score (nSPS) is 17.3. The summed E-state index contributed by atoms with van der Waals surface area (Å²) in [6.07, 6.45) is 7.44. The van der Waals surface area contributed by atoms with Crippen LogP contribution < -0.4 is 4.72 Å². The van der Waals surface area contributed by atoms with E-state index in [0.717, 1.165) is 4.91 Å². The van der Waals surface area contributed by atoms with Crippen LogP contribution in [0, 0.1) is 0 Å². The molecule has 0 atom stereocenters. The van der Waals surface area contributed by atoms with Crippen LogP contribution in [0.25, 0.3) is 0 Å². The van der Waals surface area contributed by atoms with Crippen molar-refractivity contribution >= 4 is 11.9 Å². The van der Waals surface area contributed by atoms with Crippen LogP contribution in [0.5, 0.6) is 0 Å². The zero-order chi connectivity index (χ0) is 8.10. The molecule has 0 unspecified atom stereocenters. The molecule has 1 rings (SSSR count). The molecule has 1 N–H and O–H groups in total. The Morgan fingerprint density at radius 2 is 2.27 bits per heavy atom. The van der Waals surface area contributed by atoms with Crippen LogP contribution in [-0.2, 0) is 0 Å². The lowest BCUT2D eigenvalue weighted by Crippen LogP contribution is -1.90. The van der Waals surface area contributed by atoms with Crippen LogP contribution in [0.1, 0.15) is 6.42 Å². The molecule has 0 saturated heterocycles. The van der Waals surface area contributed by atoms with E-state index in [1.165, 1.54) is 18.0 Å². The van der Waals surface area contributed by atoms with Crippen LogP contribution in [0.3, 0.4) is 0 Å². The molecule has 0 aromatic carbocycles.